The number of rotatable bonds is 4. The molecule has 1 aliphatic rings. The lowest BCUT2D eigenvalue weighted by Gasteiger charge is -2.25. The normalized spacial score (nSPS) is 18.1. The lowest BCUT2D eigenvalue weighted by Crippen LogP contribution is -2.38. The van der Waals surface area contributed by atoms with Gasteiger partial charge >= 0.3 is 0 Å². The van der Waals surface area contributed by atoms with E-state index in [0.717, 1.165) is 16.9 Å². The Morgan fingerprint density at radius 2 is 1.86 bits per heavy atom. The van der Waals surface area contributed by atoms with Crippen LogP contribution in [0.2, 0.25) is 0 Å². The number of para-hydroxylation sites is 1. The molecule has 1 saturated heterocycles. The van der Waals surface area contributed by atoms with E-state index in [1.165, 1.54) is 0 Å². The molecule has 4 nitrogen and oxygen atoms in total. The van der Waals surface area contributed by atoms with Crippen molar-refractivity contribution in [3.8, 4) is 5.75 Å². The molecule has 0 radical (unpaired) electrons. The summed E-state index contributed by atoms with van der Waals surface area (Å²) in [5.41, 5.74) is 2.08. The summed E-state index contributed by atoms with van der Waals surface area (Å²) in [7, 11) is 0. The first-order valence-corrected chi connectivity index (χ1v) is 6.97. The van der Waals surface area contributed by atoms with E-state index in [1.807, 2.05) is 54.6 Å². The van der Waals surface area contributed by atoms with Gasteiger partial charge < -0.3 is 14.8 Å². The van der Waals surface area contributed by atoms with Gasteiger partial charge in [0.15, 0.2) is 0 Å². The van der Waals surface area contributed by atoms with Gasteiger partial charge in [0.1, 0.15) is 25.1 Å². The van der Waals surface area contributed by atoms with Gasteiger partial charge in [-0.25, -0.2) is 0 Å². The predicted molar refractivity (Wildman–Crippen MR) is 78.9 cm³/mol. The van der Waals surface area contributed by atoms with Gasteiger partial charge in [-0.15, -0.1) is 0 Å². The van der Waals surface area contributed by atoms with Crippen LogP contribution in [0.15, 0.2) is 54.6 Å². The van der Waals surface area contributed by atoms with Crippen molar-refractivity contribution in [2.45, 2.75) is 12.7 Å². The summed E-state index contributed by atoms with van der Waals surface area (Å²) < 4.78 is 11.5. The van der Waals surface area contributed by atoms with Crippen LogP contribution in [0.1, 0.15) is 17.2 Å². The maximum absolute atomic E-state index is 11.2. The Morgan fingerprint density at radius 1 is 1.10 bits per heavy atom. The van der Waals surface area contributed by atoms with Crippen molar-refractivity contribution in [1.29, 1.82) is 0 Å². The molecule has 1 fully saturated rings. The number of ether oxygens (including phenoxy) is 2. The quantitative estimate of drug-likeness (QED) is 0.937. The van der Waals surface area contributed by atoms with Crippen LogP contribution < -0.4 is 10.1 Å². The smallest absolute Gasteiger partial charge is 0.246 e. The summed E-state index contributed by atoms with van der Waals surface area (Å²) in [6, 6.07) is 17.8. The Balaban J connectivity index is 1.72. The molecule has 1 heterocycles. The zero-order valence-electron chi connectivity index (χ0n) is 11.6. The van der Waals surface area contributed by atoms with Gasteiger partial charge in [-0.3, -0.25) is 4.79 Å². The number of carbonyl (C=O) groups excluding carboxylic acids is 1. The van der Waals surface area contributed by atoms with Crippen LogP contribution in [0.3, 0.4) is 0 Å². The van der Waals surface area contributed by atoms with Crippen LogP contribution in [0.5, 0.6) is 5.75 Å². The Bertz CT molecular complexity index is 602. The van der Waals surface area contributed by atoms with Crippen molar-refractivity contribution in [2.75, 3.05) is 13.2 Å². The van der Waals surface area contributed by atoms with Crippen molar-refractivity contribution in [3.63, 3.8) is 0 Å². The van der Waals surface area contributed by atoms with Crippen molar-refractivity contribution in [2.24, 2.45) is 0 Å². The van der Waals surface area contributed by atoms with Crippen LogP contribution in [0.4, 0.5) is 0 Å². The summed E-state index contributed by atoms with van der Waals surface area (Å²) in [6.45, 7) is 1.08. The monoisotopic (exact) mass is 283 g/mol. The summed E-state index contributed by atoms with van der Waals surface area (Å²) in [5.74, 6) is 0.719. The van der Waals surface area contributed by atoms with Gasteiger partial charge in [-0.1, -0.05) is 48.5 Å². The standard InChI is InChI=1S/C17H17NO3/c19-17-12-21-16(10-18-17)14-8-4-5-9-15(14)20-11-13-6-2-1-3-7-13/h1-9,16H,10-12H2,(H,18,19)/t16-/m0/s1. The third-order valence-electron chi connectivity index (χ3n) is 3.40. The van der Waals surface area contributed by atoms with Crippen molar-refractivity contribution >= 4 is 5.91 Å². The second-order valence-corrected chi connectivity index (χ2v) is 4.92. The molecule has 4 heteroatoms. The van der Waals surface area contributed by atoms with Gasteiger partial charge in [0.25, 0.3) is 0 Å². The molecule has 2 aromatic rings. The van der Waals surface area contributed by atoms with E-state index < -0.39 is 0 Å². The summed E-state index contributed by atoms with van der Waals surface area (Å²) >= 11 is 0. The largest absolute Gasteiger partial charge is 0.489 e. The Labute approximate surface area is 123 Å². The minimum absolute atomic E-state index is 0.0751. The van der Waals surface area contributed by atoms with Gasteiger partial charge in [0, 0.05) is 12.1 Å². The molecule has 1 atom stereocenters. The highest BCUT2D eigenvalue weighted by Crippen LogP contribution is 2.29. The third kappa shape index (κ3) is 3.41. The molecule has 2 aromatic carbocycles. The highest BCUT2D eigenvalue weighted by molar-refractivity contribution is 5.77. The third-order valence-corrected chi connectivity index (χ3v) is 3.40. The predicted octanol–water partition coefficient (Wildman–Crippen LogP) is 2.45. The van der Waals surface area contributed by atoms with E-state index in [1.54, 1.807) is 0 Å². The van der Waals surface area contributed by atoms with Crippen molar-refractivity contribution in [3.05, 3.63) is 65.7 Å². The van der Waals surface area contributed by atoms with E-state index in [-0.39, 0.29) is 18.6 Å². The fourth-order valence-corrected chi connectivity index (χ4v) is 2.31. The summed E-state index contributed by atoms with van der Waals surface area (Å²) in [6.07, 6.45) is -0.158. The minimum Gasteiger partial charge on any atom is -0.489 e. The first-order valence-electron chi connectivity index (χ1n) is 6.97. The number of carbonyl (C=O) groups is 1. The average molecular weight is 283 g/mol. The van der Waals surface area contributed by atoms with Gasteiger partial charge in [-0.2, -0.15) is 0 Å². The number of hydrogen-bond donors (Lipinski definition) is 1. The van der Waals surface area contributed by atoms with E-state index in [0.29, 0.717) is 13.2 Å². The maximum atomic E-state index is 11.2. The zero-order valence-corrected chi connectivity index (χ0v) is 11.6. The Kier molecular flexibility index (Phi) is 4.17. The average Bonchev–Trinajstić information content (AvgIpc) is 2.55. The molecule has 0 saturated carbocycles. The minimum atomic E-state index is -0.158. The van der Waals surface area contributed by atoms with Crippen LogP contribution in [-0.4, -0.2) is 19.1 Å². The van der Waals surface area contributed by atoms with Crippen LogP contribution in [0.25, 0.3) is 0 Å². The fourth-order valence-electron chi connectivity index (χ4n) is 2.31. The van der Waals surface area contributed by atoms with Crippen LogP contribution in [0, 0.1) is 0 Å². The number of amides is 1. The van der Waals surface area contributed by atoms with E-state index in [4.69, 9.17) is 9.47 Å². The molecule has 0 aromatic heterocycles. The first-order chi connectivity index (χ1) is 10.3. The lowest BCUT2D eigenvalue weighted by atomic mass is 10.1. The maximum Gasteiger partial charge on any atom is 0.246 e. The fraction of sp³-hybridized carbons (Fsp3) is 0.235. The number of nitrogens with one attached hydrogen (secondary N) is 1. The summed E-state index contributed by atoms with van der Waals surface area (Å²) in [5, 5.41) is 2.81. The molecule has 108 valence electrons. The molecular weight excluding hydrogens is 266 g/mol. The molecule has 3 rings (SSSR count). The number of benzene rings is 2. The van der Waals surface area contributed by atoms with Gasteiger partial charge in [-0.05, 0) is 11.6 Å². The molecule has 0 spiro atoms. The van der Waals surface area contributed by atoms with Gasteiger partial charge in [0.2, 0.25) is 5.91 Å². The Hall–Kier alpha value is -2.33. The molecule has 1 N–H and O–H groups in total. The van der Waals surface area contributed by atoms with E-state index in [2.05, 4.69) is 5.32 Å². The second-order valence-electron chi connectivity index (χ2n) is 4.92. The second kappa shape index (κ2) is 6.41. The SMILES string of the molecule is O=C1CO[C@H](c2ccccc2OCc2ccccc2)CN1. The molecule has 21 heavy (non-hydrogen) atoms. The highest BCUT2D eigenvalue weighted by atomic mass is 16.5. The molecule has 0 aliphatic carbocycles. The van der Waals surface area contributed by atoms with E-state index in [9.17, 15) is 4.79 Å². The topological polar surface area (TPSA) is 47.6 Å². The van der Waals surface area contributed by atoms with Crippen molar-refractivity contribution < 1.29 is 14.3 Å². The number of hydrogen-bond acceptors (Lipinski definition) is 3. The molecule has 1 amide bonds. The molecule has 0 bridgehead atoms. The van der Waals surface area contributed by atoms with Gasteiger partial charge in [0.05, 0.1) is 0 Å². The molecule has 1 aliphatic heterocycles. The van der Waals surface area contributed by atoms with E-state index >= 15 is 0 Å². The molecule has 0 unspecified atom stereocenters. The number of morpholine rings is 1. The highest BCUT2D eigenvalue weighted by Gasteiger charge is 2.22. The lowest BCUT2D eigenvalue weighted by molar-refractivity contribution is -0.133. The molecular formula is C17H17NO3. The summed E-state index contributed by atoms with van der Waals surface area (Å²) in [4.78, 5) is 11.2. The first kappa shape index (κ1) is 13.6. The zero-order chi connectivity index (χ0) is 14.5. The van der Waals surface area contributed by atoms with Crippen molar-refractivity contribution in [1.82, 2.24) is 5.32 Å². The van der Waals surface area contributed by atoms with Crippen LogP contribution in [-0.2, 0) is 16.1 Å². The van der Waals surface area contributed by atoms with Crippen LogP contribution >= 0.6 is 0 Å². The Morgan fingerprint density at radius 3 is 2.62 bits per heavy atom.